The summed E-state index contributed by atoms with van der Waals surface area (Å²) >= 11 is 0. The van der Waals surface area contributed by atoms with Crippen molar-refractivity contribution < 1.29 is 14.7 Å². The van der Waals surface area contributed by atoms with Crippen molar-refractivity contribution in [1.82, 2.24) is 0 Å². The number of nitrogens with two attached hydrogens (primary N) is 1. The van der Waals surface area contributed by atoms with Crippen LogP contribution in [0.5, 0.6) is 0 Å². The molecule has 0 saturated heterocycles. The fourth-order valence-corrected chi connectivity index (χ4v) is 1.03. The molecule has 13 heavy (non-hydrogen) atoms. The predicted octanol–water partition coefficient (Wildman–Crippen LogP) is 0.0903. The molecule has 4 nitrogen and oxygen atoms in total. The van der Waals surface area contributed by atoms with Crippen LogP contribution < -0.4 is 5.73 Å². The highest BCUT2D eigenvalue weighted by molar-refractivity contribution is 6.00. The second-order valence-corrected chi connectivity index (χ2v) is 2.56. The van der Waals surface area contributed by atoms with Crippen molar-refractivity contribution in [2.75, 3.05) is 0 Å². The SMILES string of the molecule is NC(=O)c1ccc(CO)cc1C=O. The number of hydrogen-bond acceptors (Lipinski definition) is 3. The van der Waals surface area contributed by atoms with Crippen LogP contribution in [0, 0.1) is 0 Å². The Hall–Kier alpha value is -1.68. The first-order chi connectivity index (χ1) is 6.19. The zero-order valence-electron chi connectivity index (χ0n) is 6.86. The average Bonchev–Trinajstić information content (AvgIpc) is 2.16. The Morgan fingerprint density at radius 3 is 2.69 bits per heavy atom. The lowest BCUT2D eigenvalue weighted by Crippen LogP contribution is -2.13. The molecule has 0 aromatic heterocycles. The van der Waals surface area contributed by atoms with E-state index < -0.39 is 5.91 Å². The Morgan fingerprint density at radius 1 is 1.54 bits per heavy atom. The maximum Gasteiger partial charge on any atom is 0.249 e. The van der Waals surface area contributed by atoms with Crippen LogP contribution in [0.15, 0.2) is 18.2 Å². The Kier molecular flexibility index (Phi) is 2.76. The number of aldehydes is 1. The second kappa shape index (κ2) is 3.82. The quantitative estimate of drug-likeness (QED) is 0.645. The van der Waals surface area contributed by atoms with Crippen LogP contribution in [0.1, 0.15) is 26.3 Å². The van der Waals surface area contributed by atoms with Gasteiger partial charge in [-0.1, -0.05) is 6.07 Å². The predicted molar refractivity (Wildman–Crippen MR) is 46.3 cm³/mol. The van der Waals surface area contributed by atoms with Crippen molar-refractivity contribution in [2.24, 2.45) is 5.73 Å². The minimum atomic E-state index is -0.647. The fraction of sp³-hybridized carbons (Fsp3) is 0.111. The Labute approximate surface area is 75.0 Å². The van der Waals surface area contributed by atoms with Crippen molar-refractivity contribution >= 4 is 12.2 Å². The molecule has 3 N–H and O–H groups in total. The summed E-state index contributed by atoms with van der Waals surface area (Å²) in [5.74, 6) is -0.647. The molecule has 0 aliphatic rings. The Bertz CT molecular complexity index is 347. The van der Waals surface area contributed by atoms with Gasteiger partial charge in [-0.3, -0.25) is 9.59 Å². The normalized spacial score (nSPS) is 9.62. The van der Waals surface area contributed by atoms with E-state index in [9.17, 15) is 9.59 Å². The largest absolute Gasteiger partial charge is 0.392 e. The molecule has 0 heterocycles. The highest BCUT2D eigenvalue weighted by Gasteiger charge is 2.07. The molecule has 1 aromatic rings. The lowest BCUT2D eigenvalue weighted by molar-refractivity contribution is 0.0993. The van der Waals surface area contributed by atoms with E-state index >= 15 is 0 Å². The molecule has 0 spiro atoms. The van der Waals surface area contributed by atoms with Gasteiger partial charge in [-0.2, -0.15) is 0 Å². The van der Waals surface area contributed by atoms with Gasteiger partial charge in [0.15, 0.2) is 6.29 Å². The van der Waals surface area contributed by atoms with Gasteiger partial charge in [-0.25, -0.2) is 0 Å². The standard InChI is InChI=1S/C9H9NO3/c10-9(13)8-2-1-6(4-11)3-7(8)5-12/h1-3,5,11H,4H2,(H2,10,13). The summed E-state index contributed by atoms with van der Waals surface area (Å²) < 4.78 is 0. The number of aliphatic hydroxyl groups is 1. The van der Waals surface area contributed by atoms with Crippen molar-refractivity contribution in [2.45, 2.75) is 6.61 Å². The van der Waals surface area contributed by atoms with E-state index in [1.807, 2.05) is 0 Å². The number of amides is 1. The zero-order valence-corrected chi connectivity index (χ0v) is 6.86. The Balaban J connectivity index is 3.23. The van der Waals surface area contributed by atoms with Gasteiger partial charge in [-0.15, -0.1) is 0 Å². The highest BCUT2D eigenvalue weighted by atomic mass is 16.3. The van der Waals surface area contributed by atoms with E-state index in [0.29, 0.717) is 11.8 Å². The molecule has 1 aromatic carbocycles. The Morgan fingerprint density at radius 2 is 2.23 bits per heavy atom. The summed E-state index contributed by atoms with van der Waals surface area (Å²) in [6, 6.07) is 4.41. The smallest absolute Gasteiger partial charge is 0.249 e. The molecule has 0 saturated carbocycles. The van der Waals surface area contributed by atoms with Gasteiger partial charge in [0.25, 0.3) is 0 Å². The number of aliphatic hydroxyl groups excluding tert-OH is 1. The maximum atomic E-state index is 10.8. The van der Waals surface area contributed by atoms with Crippen LogP contribution in [-0.2, 0) is 6.61 Å². The van der Waals surface area contributed by atoms with Gasteiger partial charge in [-0.05, 0) is 17.7 Å². The van der Waals surface area contributed by atoms with Gasteiger partial charge in [0.2, 0.25) is 5.91 Å². The third kappa shape index (κ3) is 1.91. The lowest BCUT2D eigenvalue weighted by Gasteiger charge is -2.01. The van der Waals surface area contributed by atoms with Gasteiger partial charge in [0, 0.05) is 11.1 Å². The maximum absolute atomic E-state index is 10.8. The molecule has 0 bridgehead atoms. The minimum Gasteiger partial charge on any atom is -0.392 e. The van der Waals surface area contributed by atoms with Crippen molar-refractivity contribution in [3.05, 3.63) is 34.9 Å². The molecule has 0 unspecified atom stereocenters. The monoisotopic (exact) mass is 179 g/mol. The summed E-state index contributed by atoms with van der Waals surface area (Å²) in [6.45, 7) is -0.167. The molecule has 4 heteroatoms. The van der Waals surface area contributed by atoms with Crippen LogP contribution in [0.25, 0.3) is 0 Å². The summed E-state index contributed by atoms with van der Waals surface area (Å²) in [7, 11) is 0. The molecule has 0 fully saturated rings. The summed E-state index contributed by atoms with van der Waals surface area (Å²) in [4.78, 5) is 21.3. The number of hydrogen-bond donors (Lipinski definition) is 2. The minimum absolute atomic E-state index is 0.167. The van der Waals surface area contributed by atoms with Crippen molar-refractivity contribution in [3.8, 4) is 0 Å². The topological polar surface area (TPSA) is 80.4 Å². The molecule has 0 radical (unpaired) electrons. The number of carbonyl (C=O) groups excluding carboxylic acids is 2. The third-order valence-corrected chi connectivity index (χ3v) is 1.69. The first-order valence-electron chi connectivity index (χ1n) is 3.67. The summed E-state index contributed by atoms with van der Waals surface area (Å²) in [5, 5.41) is 8.75. The van der Waals surface area contributed by atoms with Crippen LogP contribution in [0.2, 0.25) is 0 Å². The highest BCUT2D eigenvalue weighted by Crippen LogP contribution is 2.09. The lowest BCUT2D eigenvalue weighted by atomic mass is 10.0. The van der Waals surface area contributed by atoms with E-state index in [2.05, 4.69) is 0 Å². The molecule has 0 aliphatic carbocycles. The van der Waals surface area contributed by atoms with E-state index in [-0.39, 0.29) is 17.7 Å². The van der Waals surface area contributed by atoms with Gasteiger partial charge < -0.3 is 10.8 Å². The third-order valence-electron chi connectivity index (χ3n) is 1.69. The summed E-state index contributed by atoms with van der Waals surface area (Å²) in [5.41, 5.74) is 5.98. The van der Waals surface area contributed by atoms with Gasteiger partial charge in [0.05, 0.1) is 6.61 Å². The zero-order chi connectivity index (χ0) is 9.84. The van der Waals surface area contributed by atoms with Crippen LogP contribution >= 0.6 is 0 Å². The van der Waals surface area contributed by atoms with Gasteiger partial charge >= 0.3 is 0 Å². The molecule has 1 rings (SSSR count). The average molecular weight is 179 g/mol. The molecule has 68 valence electrons. The molecule has 0 aliphatic heterocycles. The van der Waals surface area contributed by atoms with Crippen molar-refractivity contribution in [3.63, 3.8) is 0 Å². The van der Waals surface area contributed by atoms with Crippen LogP contribution in [0.4, 0.5) is 0 Å². The van der Waals surface area contributed by atoms with Crippen molar-refractivity contribution in [1.29, 1.82) is 0 Å². The van der Waals surface area contributed by atoms with Gasteiger partial charge in [0.1, 0.15) is 0 Å². The van der Waals surface area contributed by atoms with E-state index in [4.69, 9.17) is 10.8 Å². The molecule has 0 atom stereocenters. The fourth-order valence-electron chi connectivity index (χ4n) is 1.03. The number of carbonyl (C=O) groups is 2. The molecular weight excluding hydrogens is 170 g/mol. The van der Waals surface area contributed by atoms with Crippen LogP contribution in [0.3, 0.4) is 0 Å². The number of primary amides is 1. The number of rotatable bonds is 3. The second-order valence-electron chi connectivity index (χ2n) is 2.56. The van der Waals surface area contributed by atoms with E-state index in [0.717, 1.165) is 0 Å². The van der Waals surface area contributed by atoms with Crippen LogP contribution in [-0.4, -0.2) is 17.3 Å². The molecule has 1 amide bonds. The molecular formula is C9H9NO3. The summed E-state index contributed by atoms with van der Waals surface area (Å²) in [6.07, 6.45) is 0.541. The first kappa shape index (κ1) is 9.41. The number of benzene rings is 1. The first-order valence-corrected chi connectivity index (χ1v) is 3.67. The van der Waals surface area contributed by atoms with E-state index in [1.54, 1.807) is 6.07 Å². The van der Waals surface area contributed by atoms with E-state index in [1.165, 1.54) is 12.1 Å².